The van der Waals surface area contributed by atoms with Gasteiger partial charge in [-0.25, -0.2) is 0 Å². The van der Waals surface area contributed by atoms with Crippen LogP contribution in [-0.4, -0.2) is 24.6 Å². The van der Waals surface area contributed by atoms with Gasteiger partial charge in [-0.2, -0.15) is 0 Å². The van der Waals surface area contributed by atoms with Gasteiger partial charge in [-0.15, -0.1) is 0 Å². The maximum absolute atomic E-state index is 4.40. The smallest absolute Gasteiger partial charge is 0.0562 e. The van der Waals surface area contributed by atoms with Crippen LogP contribution in [0.2, 0.25) is 0 Å². The summed E-state index contributed by atoms with van der Waals surface area (Å²) in [5, 5.41) is 3.32. The highest BCUT2D eigenvalue weighted by Gasteiger charge is 2.19. The second-order valence-electron chi connectivity index (χ2n) is 4.83. The van der Waals surface area contributed by atoms with Crippen molar-refractivity contribution in [1.29, 1.82) is 0 Å². The van der Waals surface area contributed by atoms with Gasteiger partial charge in [0.2, 0.25) is 0 Å². The Kier molecular flexibility index (Phi) is 4.37. The van der Waals surface area contributed by atoms with Crippen LogP contribution < -0.4 is 10.2 Å². The minimum absolute atomic E-state index is 0.726. The Bertz CT molecular complexity index is 345. The number of aromatic nitrogens is 1. The molecule has 0 saturated heterocycles. The van der Waals surface area contributed by atoms with E-state index in [1.165, 1.54) is 31.4 Å². The van der Waals surface area contributed by atoms with Gasteiger partial charge in [0.25, 0.3) is 0 Å². The van der Waals surface area contributed by atoms with Crippen molar-refractivity contribution in [2.45, 2.75) is 45.2 Å². The lowest BCUT2D eigenvalue weighted by Crippen LogP contribution is -2.29. The first-order valence-electron chi connectivity index (χ1n) is 6.69. The van der Waals surface area contributed by atoms with E-state index in [9.17, 15) is 0 Å². The Morgan fingerprint density at radius 3 is 2.88 bits per heavy atom. The third-order valence-electron chi connectivity index (χ3n) is 3.64. The monoisotopic (exact) mass is 233 g/mol. The largest absolute Gasteiger partial charge is 0.372 e. The number of nitrogens with zero attached hydrogens (tertiary/aromatic N) is 2. The fourth-order valence-electron chi connectivity index (χ4n) is 2.54. The molecule has 3 nitrogen and oxygen atoms in total. The molecule has 0 unspecified atom stereocenters. The average molecular weight is 233 g/mol. The molecule has 1 aliphatic carbocycles. The third-order valence-corrected chi connectivity index (χ3v) is 3.64. The van der Waals surface area contributed by atoms with E-state index in [0.717, 1.165) is 24.8 Å². The van der Waals surface area contributed by atoms with E-state index in [2.05, 4.69) is 41.3 Å². The molecule has 1 saturated carbocycles. The number of hydrogen-bond acceptors (Lipinski definition) is 3. The predicted molar refractivity (Wildman–Crippen MR) is 72.3 cm³/mol. The van der Waals surface area contributed by atoms with Gasteiger partial charge in [0.05, 0.1) is 5.69 Å². The summed E-state index contributed by atoms with van der Waals surface area (Å²) >= 11 is 0. The lowest BCUT2D eigenvalue weighted by Gasteiger charge is -2.26. The molecule has 1 heterocycles. The first-order valence-corrected chi connectivity index (χ1v) is 6.69. The van der Waals surface area contributed by atoms with Crippen LogP contribution in [0.25, 0.3) is 0 Å². The Balaban J connectivity index is 2.03. The summed E-state index contributed by atoms with van der Waals surface area (Å²) in [6.45, 7) is 3.97. The van der Waals surface area contributed by atoms with Gasteiger partial charge in [0.1, 0.15) is 0 Å². The van der Waals surface area contributed by atoms with Crippen LogP contribution in [0, 0.1) is 0 Å². The number of rotatable bonds is 5. The molecule has 3 heteroatoms. The van der Waals surface area contributed by atoms with Crippen molar-refractivity contribution in [2.24, 2.45) is 0 Å². The van der Waals surface area contributed by atoms with Gasteiger partial charge in [0.15, 0.2) is 0 Å². The maximum Gasteiger partial charge on any atom is 0.0562 e. The minimum atomic E-state index is 0.726. The van der Waals surface area contributed by atoms with Gasteiger partial charge >= 0.3 is 0 Å². The topological polar surface area (TPSA) is 28.2 Å². The molecule has 17 heavy (non-hydrogen) atoms. The molecular formula is C14H23N3. The van der Waals surface area contributed by atoms with Crippen molar-refractivity contribution >= 4 is 5.69 Å². The maximum atomic E-state index is 4.40. The first kappa shape index (κ1) is 12.4. The molecule has 0 bridgehead atoms. The van der Waals surface area contributed by atoms with E-state index in [0.29, 0.717) is 0 Å². The summed E-state index contributed by atoms with van der Waals surface area (Å²) in [6, 6.07) is 5.05. The van der Waals surface area contributed by atoms with Gasteiger partial charge in [-0.3, -0.25) is 4.98 Å². The molecular weight excluding hydrogens is 210 g/mol. The Labute approximate surface area is 104 Å². The van der Waals surface area contributed by atoms with Crippen molar-refractivity contribution in [2.75, 3.05) is 18.5 Å². The lowest BCUT2D eigenvalue weighted by molar-refractivity contribution is 0.651. The van der Waals surface area contributed by atoms with E-state index >= 15 is 0 Å². The van der Waals surface area contributed by atoms with Crippen LogP contribution in [0.4, 0.5) is 5.69 Å². The molecule has 94 valence electrons. The summed E-state index contributed by atoms with van der Waals surface area (Å²) in [7, 11) is 2.21. The summed E-state index contributed by atoms with van der Waals surface area (Å²) in [5.41, 5.74) is 2.44. The standard InChI is InChI=1S/C14H23N3/c1-3-15-11-12-10-14(8-9-16-12)17(2)13-6-4-5-7-13/h8-10,13,15H,3-7,11H2,1-2H3. The van der Waals surface area contributed by atoms with Gasteiger partial charge in [-0.05, 0) is 31.5 Å². The van der Waals surface area contributed by atoms with Gasteiger partial charge in [-0.1, -0.05) is 19.8 Å². The number of anilines is 1. The van der Waals surface area contributed by atoms with E-state index in [1.54, 1.807) is 0 Å². The summed E-state index contributed by atoms with van der Waals surface area (Å²) < 4.78 is 0. The molecule has 1 aromatic heterocycles. The quantitative estimate of drug-likeness (QED) is 0.847. The summed E-state index contributed by atoms with van der Waals surface area (Å²) in [6.07, 6.45) is 7.35. The van der Waals surface area contributed by atoms with Crippen molar-refractivity contribution in [1.82, 2.24) is 10.3 Å². The van der Waals surface area contributed by atoms with Crippen LogP contribution in [0.15, 0.2) is 18.3 Å². The SMILES string of the molecule is CCNCc1cc(N(C)C2CCCC2)ccn1. The van der Waals surface area contributed by atoms with Crippen LogP contribution in [0.1, 0.15) is 38.3 Å². The molecule has 0 amide bonds. The van der Waals surface area contributed by atoms with E-state index in [-0.39, 0.29) is 0 Å². The highest BCUT2D eigenvalue weighted by atomic mass is 15.1. The molecule has 0 aromatic carbocycles. The van der Waals surface area contributed by atoms with Gasteiger partial charge < -0.3 is 10.2 Å². The normalized spacial score (nSPS) is 16.4. The molecule has 0 spiro atoms. The number of hydrogen-bond donors (Lipinski definition) is 1. The summed E-state index contributed by atoms with van der Waals surface area (Å²) in [4.78, 5) is 6.82. The molecule has 1 N–H and O–H groups in total. The van der Waals surface area contributed by atoms with Crippen LogP contribution in [-0.2, 0) is 6.54 Å². The molecule has 0 aliphatic heterocycles. The Morgan fingerprint density at radius 2 is 2.18 bits per heavy atom. The molecule has 0 atom stereocenters. The van der Waals surface area contributed by atoms with Crippen molar-refractivity contribution in [3.8, 4) is 0 Å². The Morgan fingerprint density at radius 1 is 1.41 bits per heavy atom. The van der Waals surface area contributed by atoms with Crippen LogP contribution >= 0.6 is 0 Å². The fourth-order valence-corrected chi connectivity index (χ4v) is 2.54. The zero-order chi connectivity index (χ0) is 12.1. The predicted octanol–water partition coefficient (Wildman–Crippen LogP) is 2.57. The van der Waals surface area contributed by atoms with Crippen LogP contribution in [0.3, 0.4) is 0 Å². The van der Waals surface area contributed by atoms with Gasteiger partial charge in [0, 0.05) is 31.5 Å². The van der Waals surface area contributed by atoms with E-state index in [4.69, 9.17) is 0 Å². The van der Waals surface area contributed by atoms with Crippen LogP contribution in [0.5, 0.6) is 0 Å². The highest BCUT2D eigenvalue weighted by molar-refractivity contribution is 5.46. The van der Waals surface area contributed by atoms with Crippen molar-refractivity contribution < 1.29 is 0 Å². The van der Waals surface area contributed by atoms with E-state index in [1.807, 2.05) is 6.20 Å². The minimum Gasteiger partial charge on any atom is -0.372 e. The molecule has 1 aliphatic rings. The first-order chi connectivity index (χ1) is 8.31. The zero-order valence-corrected chi connectivity index (χ0v) is 10.9. The average Bonchev–Trinajstić information content (AvgIpc) is 2.89. The second kappa shape index (κ2) is 6.01. The number of pyridine rings is 1. The third kappa shape index (κ3) is 3.19. The highest BCUT2D eigenvalue weighted by Crippen LogP contribution is 2.26. The molecule has 0 radical (unpaired) electrons. The molecule has 1 fully saturated rings. The van der Waals surface area contributed by atoms with Crippen molar-refractivity contribution in [3.05, 3.63) is 24.0 Å². The number of nitrogens with one attached hydrogen (secondary N) is 1. The summed E-state index contributed by atoms with van der Waals surface area (Å²) in [5.74, 6) is 0. The Hall–Kier alpha value is -1.09. The zero-order valence-electron chi connectivity index (χ0n) is 10.9. The van der Waals surface area contributed by atoms with Crippen molar-refractivity contribution in [3.63, 3.8) is 0 Å². The fraction of sp³-hybridized carbons (Fsp3) is 0.643. The molecule has 2 rings (SSSR count). The van der Waals surface area contributed by atoms with E-state index < -0.39 is 0 Å². The second-order valence-corrected chi connectivity index (χ2v) is 4.83. The molecule has 1 aromatic rings. The lowest BCUT2D eigenvalue weighted by atomic mass is 10.2.